The summed E-state index contributed by atoms with van der Waals surface area (Å²) in [7, 11) is 0. The van der Waals surface area contributed by atoms with Gasteiger partial charge in [0.15, 0.2) is 0 Å². The first-order valence-corrected chi connectivity index (χ1v) is 11.2. The van der Waals surface area contributed by atoms with Crippen LogP contribution in [0.5, 0.6) is 5.75 Å². The molecule has 1 aromatic rings. The van der Waals surface area contributed by atoms with Gasteiger partial charge in [-0.05, 0) is 67.9 Å². The quantitative estimate of drug-likeness (QED) is 0.728. The average molecular weight is 433 g/mol. The highest BCUT2D eigenvalue weighted by molar-refractivity contribution is 9.10. The summed E-state index contributed by atoms with van der Waals surface area (Å²) in [5.41, 5.74) is 1.13. The van der Waals surface area contributed by atoms with Gasteiger partial charge in [-0.1, -0.05) is 28.1 Å². The van der Waals surface area contributed by atoms with Crippen LogP contribution in [0.3, 0.4) is 0 Å². The molecule has 2 atom stereocenters. The topological polar surface area (TPSA) is 43.8 Å². The molecule has 1 heterocycles. The van der Waals surface area contributed by atoms with Crippen molar-refractivity contribution in [2.45, 2.75) is 49.3 Å². The predicted molar refractivity (Wildman–Crippen MR) is 110 cm³/mol. The number of phenolic OH excluding ortho intramolecular Hbond substituents is 1. The van der Waals surface area contributed by atoms with E-state index in [9.17, 15) is 9.90 Å². The van der Waals surface area contributed by atoms with E-state index in [0.717, 1.165) is 50.1 Å². The highest BCUT2D eigenvalue weighted by Crippen LogP contribution is 2.65. The van der Waals surface area contributed by atoms with Crippen molar-refractivity contribution in [3.05, 3.63) is 24.3 Å². The fourth-order valence-corrected chi connectivity index (χ4v) is 8.41. The van der Waals surface area contributed by atoms with Crippen molar-refractivity contribution in [1.82, 2.24) is 4.90 Å². The third-order valence-corrected chi connectivity index (χ3v) is 8.42. The molecule has 5 aliphatic rings. The van der Waals surface area contributed by atoms with Crippen LogP contribution in [-0.4, -0.2) is 46.4 Å². The Morgan fingerprint density at radius 1 is 1.07 bits per heavy atom. The van der Waals surface area contributed by atoms with Crippen LogP contribution in [0.25, 0.3) is 0 Å². The van der Waals surface area contributed by atoms with Gasteiger partial charge in [-0.25, -0.2) is 0 Å². The van der Waals surface area contributed by atoms with Crippen LogP contribution in [0.15, 0.2) is 24.3 Å². The molecule has 4 bridgehead atoms. The van der Waals surface area contributed by atoms with Crippen LogP contribution in [0, 0.1) is 17.3 Å². The second-order valence-electron chi connectivity index (χ2n) is 9.65. The summed E-state index contributed by atoms with van der Waals surface area (Å²) in [6.45, 7) is 3.11. The summed E-state index contributed by atoms with van der Waals surface area (Å²) in [6.07, 6.45) is 8.49. The monoisotopic (exact) mass is 432 g/mol. The number of carbonyl (C=O) groups excluding carboxylic acids is 1. The summed E-state index contributed by atoms with van der Waals surface area (Å²) in [5.74, 6) is 2.34. The maximum atomic E-state index is 13.1. The zero-order valence-corrected chi connectivity index (χ0v) is 17.5. The van der Waals surface area contributed by atoms with E-state index in [1.54, 1.807) is 6.07 Å². The molecule has 1 amide bonds. The molecule has 4 aliphatic carbocycles. The van der Waals surface area contributed by atoms with Crippen LogP contribution in [0.4, 0.5) is 5.69 Å². The van der Waals surface area contributed by atoms with E-state index in [-0.39, 0.29) is 5.41 Å². The Balaban J connectivity index is 1.22. The molecule has 5 heteroatoms. The van der Waals surface area contributed by atoms with Crippen LogP contribution < -0.4 is 4.90 Å². The lowest BCUT2D eigenvalue weighted by atomic mass is 9.48. The maximum absolute atomic E-state index is 13.1. The van der Waals surface area contributed by atoms with Gasteiger partial charge in [0.2, 0.25) is 5.91 Å². The Bertz CT molecular complexity index is 730. The number of aromatic hydroxyl groups is 1. The lowest BCUT2D eigenvalue weighted by Crippen LogP contribution is -2.55. The highest BCUT2D eigenvalue weighted by atomic mass is 79.9. The lowest BCUT2D eigenvalue weighted by Gasteiger charge is -2.60. The Kier molecular flexibility index (Phi) is 4.23. The van der Waals surface area contributed by atoms with Crippen molar-refractivity contribution >= 4 is 27.5 Å². The third-order valence-electron chi connectivity index (χ3n) is 7.49. The molecule has 1 aliphatic heterocycles. The number of para-hydroxylation sites is 2. The van der Waals surface area contributed by atoms with Crippen LogP contribution >= 0.6 is 15.9 Å². The largest absolute Gasteiger partial charge is 0.506 e. The first-order chi connectivity index (χ1) is 12.9. The number of phenols is 1. The predicted octanol–water partition coefficient (Wildman–Crippen LogP) is 4.16. The summed E-state index contributed by atoms with van der Waals surface area (Å²) < 4.78 is 0.320. The zero-order valence-electron chi connectivity index (χ0n) is 15.9. The maximum Gasteiger partial charge on any atom is 0.223 e. The van der Waals surface area contributed by atoms with E-state index in [4.69, 9.17) is 0 Å². The third kappa shape index (κ3) is 3.26. The number of hydrogen-bond acceptors (Lipinski definition) is 3. The number of carbonyl (C=O) groups is 1. The Labute approximate surface area is 170 Å². The van der Waals surface area contributed by atoms with Crippen molar-refractivity contribution < 1.29 is 9.90 Å². The molecular formula is C22H29BrN2O2. The second kappa shape index (κ2) is 6.40. The molecule has 0 aromatic heterocycles. The van der Waals surface area contributed by atoms with Gasteiger partial charge in [0.25, 0.3) is 0 Å². The first-order valence-electron chi connectivity index (χ1n) is 10.4. The number of anilines is 1. The van der Waals surface area contributed by atoms with Crippen molar-refractivity contribution in [2.24, 2.45) is 17.3 Å². The van der Waals surface area contributed by atoms with E-state index in [0.29, 0.717) is 16.0 Å². The number of rotatable bonds is 3. The molecule has 1 N–H and O–H groups in total. The van der Waals surface area contributed by atoms with Crippen molar-refractivity contribution in [1.29, 1.82) is 0 Å². The number of nitrogens with zero attached hydrogens (tertiary/aromatic N) is 2. The van der Waals surface area contributed by atoms with E-state index in [2.05, 4.69) is 25.7 Å². The van der Waals surface area contributed by atoms with Gasteiger partial charge in [0.1, 0.15) is 5.75 Å². The number of alkyl halides is 1. The zero-order chi connectivity index (χ0) is 18.6. The molecule has 6 rings (SSSR count). The normalized spacial score (nSPS) is 37.7. The molecule has 5 fully saturated rings. The molecule has 4 saturated carbocycles. The fraction of sp³-hybridized carbons (Fsp3) is 0.682. The minimum atomic E-state index is 0.250. The summed E-state index contributed by atoms with van der Waals surface area (Å²) in [4.78, 5) is 17.4. The van der Waals surface area contributed by atoms with Crippen molar-refractivity contribution in [3.63, 3.8) is 0 Å². The molecule has 0 radical (unpaired) electrons. The van der Waals surface area contributed by atoms with Crippen LogP contribution in [0.1, 0.15) is 44.9 Å². The Morgan fingerprint density at radius 2 is 1.74 bits per heavy atom. The molecule has 27 heavy (non-hydrogen) atoms. The lowest BCUT2D eigenvalue weighted by molar-refractivity contribution is -0.138. The second-order valence-corrected chi connectivity index (χ2v) is 11.3. The Morgan fingerprint density at radius 3 is 2.37 bits per heavy atom. The first kappa shape index (κ1) is 17.8. The summed E-state index contributed by atoms with van der Waals surface area (Å²) in [5, 5.41) is 10.1. The number of benzene rings is 1. The number of halogens is 1. The SMILES string of the molecule is O=C(CC12CC3CC(CC(Br)(C3)C1)C2)N1CCN(c2ccccc2O)CC1. The summed E-state index contributed by atoms with van der Waals surface area (Å²) >= 11 is 4.06. The molecule has 146 valence electrons. The number of piperazine rings is 1. The van der Waals surface area contributed by atoms with E-state index in [1.807, 2.05) is 18.2 Å². The molecule has 0 spiro atoms. The van der Waals surface area contributed by atoms with Crippen molar-refractivity contribution in [2.75, 3.05) is 31.1 Å². The average Bonchev–Trinajstić information content (AvgIpc) is 2.60. The van der Waals surface area contributed by atoms with Gasteiger partial charge in [0.05, 0.1) is 5.69 Å². The van der Waals surface area contributed by atoms with Crippen LogP contribution in [-0.2, 0) is 4.79 Å². The van der Waals surface area contributed by atoms with Crippen LogP contribution in [0.2, 0.25) is 0 Å². The van der Waals surface area contributed by atoms with E-state index < -0.39 is 0 Å². The minimum Gasteiger partial charge on any atom is -0.506 e. The molecule has 1 aromatic carbocycles. The smallest absolute Gasteiger partial charge is 0.223 e. The standard InChI is InChI=1S/C22H29BrN2O2/c23-22-12-16-9-17(13-22)11-21(10-16,15-22)14-20(27)25-7-5-24(6-8-25)18-3-1-2-4-19(18)26/h1-4,16-17,26H,5-15H2. The molecule has 4 nitrogen and oxygen atoms in total. The summed E-state index contributed by atoms with van der Waals surface area (Å²) in [6, 6.07) is 7.49. The van der Waals surface area contributed by atoms with Gasteiger partial charge >= 0.3 is 0 Å². The molecular weight excluding hydrogens is 404 g/mol. The van der Waals surface area contributed by atoms with Gasteiger partial charge in [0, 0.05) is 36.9 Å². The van der Waals surface area contributed by atoms with E-state index in [1.165, 1.54) is 38.5 Å². The number of hydrogen-bond donors (Lipinski definition) is 1. The van der Waals surface area contributed by atoms with E-state index >= 15 is 0 Å². The van der Waals surface area contributed by atoms with Gasteiger partial charge in [-0.15, -0.1) is 0 Å². The van der Waals surface area contributed by atoms with Crippen molar-refractivity contribution in [3.8, 4) is 5.75 Å². The van der Waals surface area contributed by atoms with Gasteiger partial charge < -0.3 is 14.9 Å². The molecule has 1 saturated heterocycles. The number of amides is 1. The highest BCUT2D eigenvalue weighted by Gasteiger charge is 2.57. The fourth-order valence-electron chi connectivity index (χ4n) is 6.90. The minimum absolute atomic E-state index is 0.250. The van der Waals surface area contributed by atoms with Gasteiger partial charge in [-0.2, -0.15) is 0 Å². The Hall–Kier alpha value is -1.23. The molecule has 2 unspecified atom stereocenters. The van der Waals surface area contributed by atoms with Gasteiger partial charge in [-0.3, -0.25) is 4.79 Å².